The molecule has 0 saturated carbocycles. The molecule has 0 aliphatic carbocycles. The molecular formula is C19H17BrN2O4. The molecule has 0 N–H and O–H groups in total. The number of hydrogen-bond donors (Lipinski definition) is 0. The van der Waals surface area contributed by atoms with E-state index in [2.05, 4.69) is 22.0 Å². The predicted molar refractivity (Wildman–Crippen MR) is 103 cm³/mol. The van der Waals surface area contributed by atoms with Crippen molar-refractivity contribution in [3.63, 3.8) is 0 Å². The highest BCUT2D eigenvalue weighted by molar-refractivity contribution is 9.10. The van der Waals surface area contributed by atoms with Crippen LogP contribution in [0.1, 0.15) is 25.0 Å². The highest BCUT2D eigenvalue weighted by Crippen LogP contribution is 2.38. The van der Waals surface area contributed by atoms with Crippen LogP contribution in [0.3, 0.4) is 0 Å². The summed E-state index contributed by atoms with van der Waals surface area (Å²) in [6, 6.07) is 11.7. The third kappa shape index (κ3) is 4.61. The van der Waals surface area contributed by atoms with Gasteiger partial charge < -0.3 is 9.47 Å². The summed E-state index contributed by atoms with van der Waals surface area (Å²) in [4.78, 5) is 10.5. The molecule has 0 atom stereocenters. The van der Waals surface area contributed by atoms with Gasteiger partial charge in [0.15, 0.2) is 11.5 Å². The van der Waals surface area contributed by atoms with Crippen LogP contribution in [0.5, 0.6) is 11.5 Å². The maximum Gasteiger partial charge on any atom is 0.270 e. The van der Waals surface area contributed by atoms with Gasteiger partial charge in [0.05, 0.1) is 34.3 Å². The average molecular weight is 417 g/mol. The van der Waals surface area contributed by atoms with E-state index in [0.717, 1.165) is 0 Å². The Morgan fingerprint density at radius 2 is 2.00 bits per heavy atom. The van der Waals surface area contributed by atoms with E-state index in [4.69, 9.17) is 9.47 Å². The second-order valence-corrected chi connectivity index (χ2v) is 6.03. The summed E-state index contributed by atoms with van der Waals surface area (Å²) in [5, 5.41) is 20.4. The highest BCUT2D eigenvalue weighted by Gasteiger charge is 2.13. The minimum absolute atomic E-state index is 0.0634. The lowest BCUT2D eigenvalue weighted by atomic mass is 10.0. The van der Waals surface area contributed by atoms with Crippen LogP contribution in [0, 0.1) is 21.4 Å². The van der Waals surface area contributed by atoms with Gasteiger partial charge in [-0.15, -0.1) is 0 Å². The summed E-state index contributed by atoms with van der Waals surface area (Å²) in [7, 11) is 0. The topological polar surface area (TPSA) is 85.4 Å². The molecule has 0 saturated heterocycles. The molecule has 2 aromatic rings. The van der Waals surface area contributed by atoms with E-state index in [1.807, 2.05) is 19.9 Å². The summed E-state index contributed by atoms with van der Waals surface area (Å²) in [5.74, 6) is 1.16. The number of halogens is 1. The lowest BCUT2D eigenvalue weighted by Crippen LogP contribution is -1.99. The van der Waals surface area contributed by atoms with Gasteiger partial charge in [-0.05, 0) is 59.1 Å². The largest absolute Gasteiger partial charge is 0.490 e. The number of allylic oxidation sites excluding steroid dienone is 1. The van der Waals surface area contributed by atoms with E-state index in [1.165, 1.54) is 12.1 Å². The number of nitriles is 1. The molecule has 2 rings (SSSR count). The molecular weight excluding hydrogens is 400 g/mol. The SMILES string of the molecule is CCOc1cc(C=C(C#N)c2cccc([N+](=O)[O-])c2)cc(Br)c1OCC. The number of rotatable bonds is 7. The standard InChI is InChI=1S/C19H17BrN2O4/c1-3-25-18-10-13(9-17(20)19(18)26-4-2)8-15(12-21)14-6-5-7-16(11-14)22(23)24/h5-11H,3-4H2,1-2H3. The predicted octanol–water partition coefficient (Wildman–Crippen LogP) is 5.22. The quantitative estimate of drug-likeness (QED) is 0.267. The Hall–Kier alpha value is -2.85. The zero-order valence-corrected chi connectivity index (χ0v) is 15.9. The number of ether oxygens (including phenoxy) is 2. The van der Waals surface area contributed by atoms with Crippen molar-refractivity contribution in [2.75, 3.05) is 13.2 Å². The van der Waals surface area contributed by atoms with Crippen molar-refractivity contribution in [2.45, 2.75) is 13.8 Å². The number of non-ortho nitro benzene ring substituents is 1. The summed E-state index contributed by atoms with van der Waals surface area (Å²) in [6.45, 7) is 4.71. The second-order valence-electron chi connectivity index (χ2n) is 5.17. The Labute approximate surface area is 159 Å². The molecule has 26 heavy (non-hydrogen) atoms. The molecule has 7 heteroatoms. The maximum absolute atomic E-state index is 10.9. The van der Waals surface area contributed by atoms with E-state index >= 15 is 0 Å². The monoisotopic (exact) mass is 416 g/mol. The van der Waals surface area contributed by atoms with Crippen molar-refractivity contribution >= 4 is 33.3 Å². The van der Waals surface area contributed by atoms with Crippen LogP contribution in [-0.4, -0.2) is 18.1 Å². The first-order chi connectivity index (χ1) is 12.5. The molecule has 2 aromatic carbocycles. The minimum atomic E-state index is -0.487. The van der Waals surface area contributed by atoms with E-state index in [-0.39, 0.29) is 5.69 Å². The molecule has 0 fully saturated rings. The van der Waals surface area contributed by atoms with Gasteiger partial charge in [0, 0.05) is 12.1 Å². The number of benzene rings is 2. The number of nitro groups is 1. The third-order valence-corrected chi connectivity index (χ3v) is 4.01. The lowest BCUT2D eigenvalue weighted by molar-refractivity contribution is -0.384. The normalized spacial score (nSPS) is 10.9. The average Bonchev–Trinajstić information content (AvgIpc) is 2.63. The van der Waals surface area contributed by atoms with Crippen LogP contribution in [-0.2, 0) is 0 Å². The summed E-state index contributed by atoms with van der Waals surface area (Å²) >= 11 is 3.46. The fourth-order valence-electron chi connectivity index (χ4n) is 2.35. The van der Waals surface area contributed by atoms with Gasteiger partial charge >= 0.3 is 0 Å². The molecule has 6 nitrogen and oxygen atoms in total. The van der Waals surface area contributed by atoms with Crippen LogP contribution in [0.4, 0.5) is 5.69 Å². The van der Waals surface area contributed by atoms with Gasteiger partial charge in [-0.3, -0.25) is 10.1 Å². The molecule has 0 unspecified atom stereocenters. The molecule has 0 aromatic heterocycles. The molecule has 0 aliphatic heterocycles. The van der Waals surface area contributed by atoms with Crippen LogP contribution in [0.15, 0.2) is 40.9 Å². The second kappa shape index (κ2) is 9.02. The highest BCUT2D eigenvalue weighted by atomic mass is 79.9. The maximum atomic E-state index is 10.9. The fraction of sp³-hybridized carbons (Fsp3) is 0.211. The van der Waals surface area contributed by atoms with Crippen molar-refractivity contribution in [3.05, 3.63) is 62.1 Å². The van der Waals surface area contributed by atoms with Crippen LogP contribution in [0.25, 0.3) is 11.6 Å². The smallest absolute Gasteiger partial charge is 0.270 e. The Morgan fingerprint density at radius 1 is 1.27 bits per heavy atom. The zero-order valence-electron chi connectivity index (χ0n) is 14.4. The van der Waals surface area contributed by atoms with Crippen molar-refractivity contribution in [1.82, 2.24) is 0 Å². The molecule has 0 heterocycles. The van der Waals surface area contributed by atoms with Crippen LogP contribution >= 0.6 is 15.9 Å². The Balaban J connectivity index is 2.50. The van der Waals surface area contributed by atoms with Gasteiger partial charge in [0.2, 0.25) is 0 Å². The first-order valence-corrected chi connectivity index (χ1v) is 8.75. The van der Waals surface area contributed by atoms with Gasteiger partial charge in [-0.2, -0.15) is 5.26 Å². The molecule has 0 bridgehead atoms. The van der Waals surface area contributed by atoms with Crippen molar-refractivity contribution < 1.29 is 14.4 Å². The van der Waals surface area contributed by atoms with E-state index in [1.54, 1.807) is 24.3 Å². The van der Waals surface area contributed by atoms with E-state index in [0.29, 0.717) is 45.9 Å². The molecule has 0 aliphatic rings. The van der Waals surface area contributed by atoms with Crippen molar-refractivity contribution in [1.29, 1.82) is 5.26 Å². The Morgan fingerprint density at radius 3 is 2.62 bits per heavy atom. The van der Waals surface area contributed by atoms with E-state index < -0.39 is 4.92 Å². The molecule has 0 amide bonds. The van der Waals surface area contributed by atoms with Gasteiger partial charge in [-0.25, -0.2) is 0 Å². The Bertz CT molecular complexity index is 888. The summed E-state index contributed by atoms with van der Waals surface area (Å²) in [5.41, 5.74) is 1.44. The fourth-order valence-corrected chi connectivity index (χ4v) is 2.93. The third-order valence-electron chi connectivity index (χ3n) is 3.42. The molecule has 0 spiro atoms. The van der Waals surface area contributed by atoms with E-state index in [9.17, 15) is 15.4 Å². The molecule has 134 valence electrons. The zero-order chi connectivity index (χ0) is 19.1. The summed E-state index contributed by atoms with van der Waals surface area (Å²) in [6.07, 6.45) is 1.65. The number of hydrogen-bond acceptors (Lipinski definition) is 5. The number of nitro benzene ring substituents is 1. The lowest BCUT2D eigenvalue weighted by Gasteiger charge is -2.13. The first kappa shape index (κ1) is 19.5. The number of nitrogens with zero attached hydrogens (tertiary/aromatic N) is 2. The van der Waals surface area contributed by atoms with Gasteiger partial charge in [-0.1, -0.05) is 12.1 Å². The van der Waals surface area contributed by atoms with Crippen molar-refractivity contribution in [2.24, 2.45) is 0 Å². The molecule has 0 radical (unpaired) electrons. The minimum Gasteiger partial charge on any atom is -0.490 e. The van der Waals surface area contributed by atoms with Gasteiger partial charge in [0.25, 0.3) is 5.69 Å². The van der Waals surface area contributed by atoms with Gasteiger partial charge in [0.1, 0.15) is 0 Å². The first-order valence-electron chi connectivity index (χ1n) is 7.95. The van der Waals surface area contributed by atoms with Crippen LogP contribution < -0.4 is 9.47 Å². The van der Waals surface area contributed by atoms with Crippen molar-refractivity contribution in [3.8, 4) is 17.6 Å². The Kier molecular flexibility index (Phi) is 6.75. The van der Waals surface area contributed by atoms with Crippen LogP contribution in [0.2, 0.25) is 0 Å². The summed E-state index contributed by atoms with van der Waals surface area (Å²) < 4.78 is 11.9.